The Labute approximate surface area is 137 Å². The van der Waals surface area contributed by atoms with E-state index in [0.717, 1.165) is 11.1 Å². The van der Waals surface area contributed by atoms with Crippen LogP contribution < -0.4 is 4.74 Å². The van der Waals surface area contributed by atoms with Crippen LogP contribution in [0.2, 0.25) is 5.02 Å². The largest absolute Gasteiger partial charge is 0.438 e. The lowest BCUT2D eigenvalue weighted by Gasteiger charge is -2.06. The fraction of sp³-hybridized carbons (Fsp3) is 0. The average molecular weight is 323 g/mol. The van der Waals surface area contributed by atoms with Crippen LogP contribution in [0.4, 0.5) is 0 Å². The van der Waals surface area contributed by atoms with Gasteiger partial charge in [-0.2, -0.15) is 5.10 Å². The van der Waals surface area contributed by atoms with E-state index in [2.05, 4.69) is 15.1 Å². The molecule has 0 spiro atoms. The number of hydrogen-bond donors (Lipinski definition) is 0. The second kappa shape index (κ2) is 5.70. The second-order valence-electron chi connectivity index (χ2n) is 4.86. The van der Waals surface area contributed by atoms with Crippen LogP contribution in [-0.4, -0.2) is 19.7 Å². The van der Waals surface area contributed by atoms with Crippen molar-refractivity contribution in [3.63, 3.8) is 0 Å². The average Bonchev–Trinajstić information content (AvgIpc) is 3.03. The maximum absolute atomic E-state index is 5.89. The first-order chi connectivity index (χ1) is 11.3. The number of aromatic nitrogens is 4. The summed E-state index contributed by atoms with van der Waals surface area (Å²) in [7, 11) is 0. The Morgan fingerprint density at radius 2 is 1.70 bits per heavy atom. The Morgan fingerprint density at radius 1 is 0.913 bits per heavy atom. The molecule has 2 heterocycles. The molecule has 0 bridgehead atoms. The number of ether oxygens (including phenoxy) is 1. The summed E-state index contributed by atoms with van der Waals surface area (Å²) in [5.41, 5.74) is 1.62. The Morgan fingerprint density at radius 3 is 2.48 bits per heavy atom. The van der Waals surface area contributed by atoms with Gasteiger partial charge in [-0.25, -0.2) is 14.6 Å². The molecule has 0 radical (unpaired) electrons. The number of halogens is 1. The minimum Gasteiger partial charge on any atom is -0.438 e. The monoisotopic (exact) mass is 322 g/mol. The molecule has 0 saturated carbocycles. The Kier molecular flexibility index (Phi) is 3.40. The predicted molar refractivity (Wildman–Crippen MR) is 88.2 cm³/mol. The van der Waals surface area contributed by atoms with Gasteiger partial charge in [0.25, 0.3) is 0 Å². The van der Waals surface area contributed by atoms with E-state index in [0.29, 0.717) is 22.3 Å². The van der Waals surface area contributed by atoms with E-state index in [9.17, 15) is 0 Å². The minimum absolute atomic E-state index is 0.458. The molecule has 0 amide bonds. The van der Waals surface area contributed by atoms with E-state index >= 15 is 0 Å². The molecule has 4 rings (SSSR count). The van der Waals surface area contributed by atoms with Crippen molar-refractivity contribution in [1.82, 2.24) is 19.7 Å². The van der Waals surface area contributed by atoms with Crippen LogP contribution in [0.5, 0.6) is 11.6 Å². The molecule has 2 aromatic heterocycles. The van der Waals surface area contributed by atoms with Gasteiger partial charge in [-0.1, -0.05) is 29.8 Å². The van der Waals surface area contributed by atoms with Gasteiger partial charge < -0.3 is 4.74 Å². The fourth-order valence-electron chi connectivity index (χ4n) is 2.28. The minimum atomic E-state index is 0.458. The van der Waals surface area contributed by atoms with Gasteiger partial charge in [-0.3, -0.25) is 0 Å². The third kappa shape index (κ3) is 2.62. The van der Waals surface area contributed by atoms with Gasteiger partial charge in [0.2, 0.25) is 5.88 Å². The highest BCUT2D eigenvalue weighted by Gasteiger charge is 2.12. The van der Waals surface area contributed by atoms with Crippen molar-refractivity contribution in [3.05, 3.63) is 72.1 Å². The molecule has 23 heavy (non-hydrogen) atoms. The summed E-state index contributed by atoms with van der Waals surface area (Å²) in [5.74, 6) is 1.11. The first-order valence-electron chi connectivity index (χ1n) is 6.99. The summed E-state index contributed by atoms with van der Waals surface area (Å²) in [5, 5.41) is 5.79. The number of fused-ring (bicyclic) bond motifs is 1. The van der Waals surface area contributed by atoms with E-state index in [-0.39, 0.29) is 0 Å². The summed E-state index contributed by atoms with van der Waals surface area (Å²) >= 11 is 5.89. The Hall–Kier alpha value is -2.92. The van der Waals surface area contributed by atoms with Crippen molar-refractivity contribution in [2.75, 3.05) is 0 Å². The van der Waals surface area contributed by atoms with Crippen molar-refractivity contribution in [1.29, 1.82) is 0 Å². The highest BCUT2D eigenvalue weighted by Crippen LogP contribution is 2.28. The summed E-state index contributed by atoms with van der Waals surface area (Å²) in [6.45, 7) is 0. The predicted octanol–water partition coefficient (Wildman–Crippen LogP) is 4.26. The molecule has 0 aliphatic rings. The highest BCUT2D eigenvalue weighted by atomic mass is 35.5. The van der Waals surface area contributed by atoms with Crippen LogP contribution in [0, 0.1) is 0 Å². The van der Waals surface area contributed by atoms with Crippen LogP contribution in [0.25, 0.3) is 16.7 Å². The lowest BCUT2D eigenvalue weighted by molar-refractivity contribution is 0.468. The summed E-state index contributed by atoms with van der Waals surface area (Å²) in [4.78, 5) is 8.53. The van der Waals surface area contributed by atoms with Crippen molar-refractivity contribution >= 4 is 22.6 Å². The van der Waals surface area contributed by atoms with Crippen molar-refractivity contribution < 1.29 is 4.74 Å². The quantitative estimate of drug-likeness (QED) is 0.565. The molecule has 0 atom stereocenters. The van der Waals surface area contributed by atoms with E-state index in [1.165, 1.54) is 6.33 Å². The van der Waals surface area contributed by atoms with Gasteiger partial charge in [-0.05, 0) is 36.4 Å². The smallest absolute Gasteiger partial charge is 0.233 e. The molecule has 0 aliphatic heterocycles. The van der Waals surface area contributed by atoms with Crippen LogP contribution in [0.1, 0.15) is 0 Å². The maximum Gasteiger partial charge on any atom is 0.233 e. The lowest BCUT2D eigenvalue weighted by Crippen LogP contribution is -1.97. The fourth-order valence-corrected chi connectivity index (χ4v) is 2.40. The summed E-state index contributed by atoms with van der Waals surface area (Å²) < 4.78 is 7.59. The molecule has 0 unspecified atom stereocenters. The molecule has 112 valence electrons. The van der Waals surface area contributed by atoms with E-state index < -0.39 is 0 Å². The third-order valence-corrected chi connectivity index (χ3v) is 3.61. The summed E-state index contributed by atoms with van der Waals surface area (Å²) in [6, 6.07) is 16.9. The van der Waals surface area contributed by atoms with Crippen LogP contribution >= 0.6 is 11.6 Å². The van der Waals surface area contributed by atoms with Gasteiger partial charge >= 0.3 is 0 Å². The van der Waals surface area contributed by atoms with Gasteiger partial charge in [-0.15, -0.1) is 0 Å². The topological polar surface area (TPSA) is 52.8 Å². The number of rotatable bonds is 3. The maximum atomic E-state index is 5.89. The first-order valence-corrected chi connectivity index (χ1v) is 7.36. The highest BCUT2D eigenvalue weighted by molar-refractivity contribution is 6.30. The first kappa shape index (κ1) is 13.7. The number of hydrogen-bond acceptors (Lipinski definition) is 4. The third-order valence-electron chi connectivity index (χ3n) is 3.36. The van der Waals surface area contributed by atoms with Gasteiger partial charge in [0.15, 0.2) is 5.65 Å². The number of benzene rings is 2. The molecule has 6 heteroatoms. The lowest BCUT2D eigenvalue weighted by atomic mass is 10.3. The normalized spacial score (nSPS) is 10.8. The standard InChI is InChI=1S/C17H11ClN4O/c18-12-6-8-14(9-7-12)23-17-15-10-21-22(16(15)19-11-20-17)13-4-2-1-3-5-13/h1-11H. The zero-order valence-corrected chi connectivity index (χ0v) is 12.7. The Balaban J connectivity index is 1.77. The molecule has 5 nitrogen and oxygen atoms in total. The molecule has 0 N–H and O–H groups in total. The van der Waals surface area contributed by atoms with E-state index in [1.807, 2.05) is 30.3 Å². The molecule has 2 aromatic carbocycles. The molecular weight excluding hydrogens is 312 g/mol. The molecule has 0 saturated heterocycles. The Bertz CT molecular complexity index is 951. The molecule has 0 fully saturated rings. The molecule has 4 aromatic rings. The van der Waals surface area contributed by atoms with Gasteiger partial charge in [0.05, 0.1) is 11.9 Å². The van der Waals surface area contributed by atoms with Gasteiger partial charge in [0.1, 0.15) is 17.5 Å². The van der Waals surface area contributed by atoms with E-state index in [1.54, 1.807) is 35.1 Å². The number of nitrogens with zero attached hydrogens (tertiary/aromatic N) is 4. The van der Waals surface area contributed by atoms with E-state index in [4.69, 9.17) is 16.3 Å². The van der Waals surface area contributed by atoms with Crippen LogP contribution in [0.3, 0.4) is 0 Å². The zero-order chi connectivity index (χ0) is 15.6. The van der Waals surface area contributed by atoms with Gasteiger partial charge in [0, 0.05) is 5.02 Å². The van der Waals surface area contributed by atoms with Crippen LogP contribution in [0.15, 0.2) is 67.1 Å². The molecular formula is C17H11ClN4O. The van der Waals surface area contributed by atoms with Crippen LogP contribution in [-0.2, 0) is 0 Å². The summed E-state index contributed by atoms with van der Waals surface area (Å²) in [6.07, 6.45) is 3.17. The van der Waals surface area contributed by atoms with Crippen molar-refractivity contribution in [2.45, 2.75) is 0 Å². The SMILES string of the molecule is Clc1ccc(Oc2ncnc3c2cnn3-c2ccccc2)cc1. The molecule has 0 aliphatic carbocycles. The van der Waals surface area contributed by atoms with Crippen molar-refractivity contribution in [2.24, 2.45) is 0 Å². The zero-order valence-electron chi connectivity index (χ0n) is 11.9. The van der Waals surface area contributed by atoms with Crippen molar-refractivity contribution in [3.8, 4) is 17.3 Å². The second-order valence-corrected chi connectivity index (χ2v) is 5.30. The number of para-hydroxylation sites is 1.